The Kier molecular flexibility index (Phi) is 5.73. The van der Waals surface area contributed by atoms with E-state index in [4.69, 9.17) is 27.9 Å². The van der Waals surface area contributed by atoms with E-state index in [1.807, 2.05) is 18.3 Å². The molecule has 2 aromatic rings. The van der Waals surface area contributed by atoms with Crippen molar-refractivity contribution in [3.05, 3.63) is 58.3 Å². The summed E-state index contributed by atoms with van der Waals surface area (Å²) in [5.41, 5.74) is 1.22. The Morgan fingerprint density at radius 2 is 2.04 bits per heavy atom. The number of aromatic nitrogens is 1. The minimum absolute atomic E-state index is 0.308. The van der Waals surface area contributed by atoms with Crippen molar-refractivity contribution in [3.8, 4) is 5.75 Å². The zero-order valence-corrected chi connectivity index (χ0v) is 14.2. The summed E-state index contributed by atoms with van der Waals surface area (Å²) >= 11 is 12.3. The van der Waals surface area contributed by atoms with Crippen molar-refractivity contribution in [2.75, 3.05) is 32.8 Å². The molecule has 1 saturated heterocycles. The third-order valence-electron chi connectivity index (χ3n) is 3.97. The molecule has 1 fully saturated rings. The molecule has 1 atom stereocenters. The maximum absolute atomic E-state index is 6.13. The van der Waals surface area contributed by atoms with E-state index in [-0.39, 0.29) is 0 Å². The van der Waals surface area contributed by atoms with Gasteiger partial charge in [0.25, 0.3) is 0 Å². The molecular weight excluding hydrogens is 333 g/mol. The molecule has 0 saturated carbocycles. The average Bonchev–Trinajstić information content (AvgIpc) is 2.59. The molecule has 0 spiro atoms. The Balaban J connectivity index is 1.62. The highest BCUT2D eigenvalue weighted by Crippen LogP contribution is 2.32. The first kappa shape index (κ1) is 16.5. The number of piperazine rings is 1. The SMILES string of the molecule is Clc1cccc(Cl)c1OCCN1CCNCC1c1cccnc1. The summed E-state index contributed by atoms with van der Waals surface area (Å²) in [4.78, 5) is 6.63. The number of pyridine rings is 1. The first-order valence-corrected chi connectivity index (χ1v) is 8.43. The fraction of sp³-hybridized carbons (Fsp3) is 0.353. The van der Waals surface area contributed by atoms with Crippen molar-refractivity contribution >= 4 is 23.2 Å². The van der Waals surface area contributed by atoms with Crippen molar-refractivity contribution in [2.45, 2.75) is 6.04 Å². The van der Waals surface area contributed by atoms with E-state index in [1.54, 1.807) is 18.3 Å². The van der Waals surface area contributed by atoms with Crippen LogP contribution in [0.5, 0.6) is 5.75 Å². The van der Waals surface area contributed by atoms with Gasteiger partial charge < -0.3 is 10.1 Å². The number of ether oxygens (including phenoxy) is 1. The monoisotopic (exact) mass is 351 g/mol. The van der Waals surface area contributed by atoms with Gasteiger partial charge >= 0.3 is 0 Å². The third-order valence-corrected chi connectivity index (χ3v) is 4.56. The van der Waals surface area contributed by atoms with Crippen LogP contribution in [0.1, 0.15) is 11.6 Å². The number of nitrogens with zero attached hydrogens (tertiary/aromatic N) is 2. The Morgan fingerprint density at radius 1 is 1.22 bits per heavy atom. The quantitative estimate of drug-likeness (QED) is 0.895. The molecule has 122 valence electrons. The van der Waals surface area contributed by atoms with Crippen LogP contribution in [-0.4, -0.2) is 42.7 Å². The van der Waals surface area contributed by atoms with Gasteiger partial charge in [0.15, 0.2) is 5.75 Å². The summed E-state index contributed by atoms with van der Waals surface area (Å²) in [5, 5.41) is 4.52. The molecule has 0 radical (unpaired) electrons. The molecule has 0 bridgehead atoms. The molecule has 1 unspecified atom stereocenters. The molecule has 1 N–H and O–H groups in total. The van der Waals surface area contributed by atoms with Gasteiger partial charge in [0.05, 0.1) is 10.0 Å². The third kappa shape index (κ3) is 4.15. The number of rotatable bonds is 5. The van der Waals surface area contributed by atoms with E-state index in [0.29, 0.717) is 28.4 Å². The van der Waals surface area contributed by atoms with Gasteiger partial charge in [-0.15, -0.1) is 0 Å². The Hall–Kier alpha value is -1.33. The van der Waals surface area contributed by atoms with E-state index >= 15 is 0 Å². The first-order chi connectivity index (χ1) is 11.3. The lowest BCUT2D eigenvalue weighted by atomic mass is 10.1. The fourth-order valence-electron chi connectivity index (χ4n) is 2.80. The van der Waals surface area contributed by atoms with Crippen LogP contribution in [0.25, 0.3) is 0 Å². The summed E-state index contributed by atoms with van der Waals surface area (Å²) in [6.07, 6.45) is 3.73. The van der Waals surface area contributed by atoms with E-state index in [9.17, 15) is 0 Å². The van der Waals surface area contributed by atoms with Crippen LogP contribution < -0.4 is 10.1 Å². The number of benzene rings is 1. The van der Waals surface area contributed by atoms with Crippen LogP contribution in [0, 0.1) is 0 Å². The second-order valence-corrected chi connectivity index (χ2v) is 6.26. The lowest BCUT2D eigenvalue weighted by Crippen LogP contribution is -2.47. The van der Waals surface area contributed by atoms with E-state index in [1.165, 1.54) is 5.56 Å². The van der Waals surface area contributed by atoms with Gasteiger partial charge in [0.1, 0.15) is 6.61 Å². The summed E-state index contributed by atoms with van der Waals surface area (Å²) in [5.74, 6) is 0.559. The van der Waals surface area contributed by atoms with Gasteiger partial charge in [-0.3, -0.25) is 9.88 Å². The highest BCUT2D eigenvalue weighted by atomic mass is 35.5. The first-order valence-electron chi connectivity index (χ1n) is 7.67. The van der Waals surface area contributed by atoms with Crippen molar-refractivity contribution in [1.82, 2.24) is 15.2 Å². The molecule has 1 aromatic heterocycles. The number of nitrogens with one attached hydrogen (secondary N) is 1. The molecule has 1 aliphatic heterocycles. The highest BCUT2D eigenvalue weighted by Gasteiger charge is 2.23. The van der Waals surface area contributed by atoms with Crippen LogP contribution in [0.4, 0.5) is 0 Å². The summed E-state index contributed by atoms with van der Waals surface area (Å²) in [6, 6.07) is 9.78. The Morgan fingerprint density at radius 3 is 2.78 bits per heavy atom. The van der Waals surface area contributed by atoms with Crippen LogP contribution in [0.3, 0.4) is 0 Å². The predicted molar refractivity (Wildman–Crippen MR) is 93.4 cm³/mol. The Labute approximate surface area is 146 Å². The van der Waals surface area contributed by atoms with Gasteiger partial charge in [-0.05, 0) is 23.8 Å². The molecule has 3 rings (SSSR count). The number of hydrogen-bond donors (Lipinski definition) is 1. The molecule has 6 heteroatoms. The van der Waals surface area contributed by atoms with Gasteiger partial charge in [-0.2, -0.15) is 0 Å². The highest BCUT2D eigenvalue weighted by molar-refractivity contribution is 6.37. The predicted octanol–water partition coefficient (Wildman–Crippen LogP) is 3.41. The minimum Gasteiger partial charge on any atom is -0.489 e. The Bertz CT molecular complexity index is 619. The van der Waals surface area contributed by atoms with Crippen molar-refractivity contribution < 1.29 is 4.74 Å². The maximum atomic E-state index is 6.13. The molecule has 0 amide bonds. The topological polar surface area (TPSA) is 37.4 Å². The van der Waals surface area contributed by atoms with Crippen molar-refractivity contribution in [3.63, 3.8) is 0 Å². The van der Waals surface area contributed by atoms with Gasteiger partial charge in [0, 0.05) is 44.6 Å². The van der Waals surface area contributed by atoms with E-state index < -0.39 is 0 Å². The average molecular weight is 352 g/mol. The van der Waals surface area contributed by atoms with Crippen LogP contribution in [0.15, 0.2) is 42.7 Å². The molecule has 0 aliphatic carbocycles. The van der Waals surface area contributed by atoms with Crippen LogP contribution >= 0.6 is 23.2 Å². The smallest absolute Gasteiger partial charge is 0.156 e. The van der Waals surface area contributed by atoms with E-state index in [0.717, 1.165) is 26.2 Å². The van der Waals surface area contributed by atoms with Crippen molar-refractivity contribution in [1.29, 1.82) is 0 Å². The molecule has 23 heavy (non-hydrogen) atoms. The number of halogens is 2. The maximum Gasteiger partial charge on any atom is 0.156 e. The van der Waals surface area contributed by atoms with Gasteiger partial charge in [-0.25, -0.2) is 0 Å². The van der Waals surface area contributed by atoms with Gasteiger partial charge in [-0.1, -0.05) is 35.3 Å². The van der Waals surface area contributed by atoms with Crippen LogP contribution in [-0.2, 0) is 0 Å². The minimum atomic E-state index is 0.308. The van der Waals surface area contributed by atoms with Gasteiger partial charge in [0.2, 0.25) is 0 Å². The van der Waals surface area contributed by atoms with E-state index in [2.05, 4.69) is 21.3 Å². The molecular formula is C17H19Cl2N3O. The number of para-hydroxylation sites is 1. The second-order valence-electron chi connectivity index (χ2n) is 5.44. The number of hydrogen-bond acceptors (Lipinski definition) is 4. The molecule has 1 aliphatic rings. The molecule has 4 nitrogen and oxygen atoms in total. The van der Waals surface area contributed by atoms with Crippen LogP contribution in [0.2, 0.25) is 10.0 Å². The zero-order chi connectivity index (χ0) is 16.1. The summed E-state index contributed by atoms with van der Waals surface area (Å²) in [7, 11) is 0. The lowest BCUT2D eigenvalue weighted by molar-refractivity contribution is 0.134. The summed E-state index contributed by atoms with van der Waals surface area (Å²) in [6.45, 7) is 4.21. The summed E-state index contributed by atoms with van der Waals surface area (Å²) < 4.78 is 5.81. The molecule has 1 aromatic carbocycles. The van der Waals surface area contributed by atoms with Crippen molar-refractivity contribution in [2.24, 2.45) is 0 Å². The fourth-order valence-corrected chi connectivity index (χ4v) is 3.31. The zero-order valence-electron chi connectivity index (χ0n) is 12.7. The normalized spacial score (nSPS) is 18.8. The largest absolute Gasteiger partial charge is 0.489 e. The molecule has 2 heterocycles. The lowest BCUT2D eigenvalue weighted by Gasteiger charge is -2.36. The second kappa shape index (κ2) is 7.97. The standard InChI is InChI=1S/C17H19Cl2N3O/c18-14-4-1-5-15(19)17(14)23-10-9-22-8-7-21-12-16(22)13-3-2-6-20-11-13/h1-6,11,16,21H,7-10,12H2.